The van der Waals surface area contributed by atoms with Gasteiger partial charge in [-0.3, -0.25) is 14.9 Å². The van der Waals surface area contributed by atoms with Crippen LogP contribution in [0.2, 0.25) is 0 Å². The van der Waals surface area contributed by atoms with E-state index in [1.165, 1.54) is 0 Å². The van der Waals surface area contributed by atoms with Gasteiger partial charge in [-0.15, -0.1) is 0 Å². The third-order valence-corrected chi connectivity index (χ3v) is 1.90. The predicted octanol–water partition coefficient (Wildman–Crippen LogP) is 1.16. The fraction of sp³-hybridized carbons (Fsp3) is 0.222. The minimum atomic E-state index is -1.28. The number of carbonyl (C=O) groups is 1. The van der Waals surface area contributed by atoms with Gasteiger partial charge in [-0.05, 0) is 0 Å². The fourth-order valence-electron chi connectivity index (χ4n) is 1.21. The summed E-state index contributed by atoms with van der Waals surface area (Å²) in [4.78, 5) is 20.0. The van der Waals surface area contributed by atoms with E-state index in [1.807, 2.05) is 0 Å². The lowest BCUT2D eigenvalue weighted by atomic mass is 10.2. The van der Waals surface area contributed by atoms with Gasteiger partial charge in [0.1, 0.15) is 11.5 Å². The maximum Gasteiger partial charge on any atom is 0.327 e. The zero-order valence-electron chi connectivity index (χ0n) is 8.57. The van der Waals surface area contributed by atoms with E-state index in [1.54, 1.807) is 0 Å². The lowest BCUT2D eigenvalue weighted by Crippen LogP contribution is -2.16. The van der Waals surface area contributed by atoms with Crippen LogP contribution < -0.4 is 11.1 Å². The average Bonchev–Trinajstić information content (AvgIpc) is 2.14. The minimum Gasteiger partial charge on any atom is -0.379 e. The zero-order valence-corrected chi connectivity index (χ0v) is 8.57. The summed E-state index contributed by atoms with van der Waals surface area (Å²) in [5.74, 6) is -2.86. The fourth-order valence-corrected chi connectivity index (χ4v) is 1.21. The molecular weight excluding hydrogens is 236 g/mol. The maximum absolute atomic E-state index is 13.1. The van der Waals surface area contributed by atoms with E-state index in [4.69, 9.17) is 5.73 Å². The number of rotatable bonds is 5. The van der Waals surface area contributed by atoms with Crippen molar-refractivity contribution in [1.29, 1.82) is 0 Å². The number of anilines is 1. The molecule has 0 aliphatic rings. The second-order valence-electron chi connectivity index (χ2n) is 3.18. The van der Waals surface area contributed by atoms with Crippen LogP contribution in [-0.2, 0) is 4.79 Å². The number of primary amides is 1. The first-order valence-corrected chi connectivity index (χ1v) is 4.57. The molecule has 0 bridgehead atoms. The van der Waals surface area contributed by atoms with Gasteiger partial charge in [0, 0.05) is 25.1 Å². The molecule has 0 aliphatic carbocycles. The summed E-state index contributed by atoms with van der Waals surface area (Å²) >= 11 is 0. The van der Waals surface area contributed by atoms with Gasteiger partial charge in [0.2, 0.25) is 11.7 Å². The van der Waals surface area contributed by atoms with E-state index in [9.17, 15) is 23.7 Å². The van der Waals surface area contributed by atoms with Crippen molar-refractivity contribution in [2.45, 2.75) is 6.42 Å². The number of halogens is 2. The molecule has 6 nitrogen and oxygen atoms in total. The summed E-state index contributed by atoms with van der Waals surface area (Å²) in [7, 11) is 0. The van der Waals surface area contributed by atoms with E-state index in [2.05, 4.69) is 5.32 Å². The van der Waals surface area contributed by atoms with Crippen molar-refractivity contribution >= 4 is 17.3 Å². The van der Waals surface area contributed by atoms with Crippen LogP contribution in [0.3, 0.4) is 0 Å². The Morgan fingerprint density at radius 3 is 2.65 bits per heavy atom. The van der Waals surface area contributed by atoms with Crippen LogP contribution in [-0.4, -0.2) is 17.4 Å². The molecule has 0 unspecified atom stereocenters. The molecule has 92 valence electrons. The highest BCUT2D eigenvalue weighted by Crippen LogP contribution is 2.28. The van der Waals surface area contributed by atoms with E-state index in [0.717, 1.165) is 6.07 Å². The molecule has 1 amide bonds. The Kier molecular flexibility index (Phi) is 3.91. The average molecular weight is 245 g/mol. The molecule has 1 aromatic carbocycles. The Morgan fingerprint density at radius 1 is 1.47 bits per heavy atom. The molecule has 0 aliphatic heterocycles. The van der Waals surface area contributed by atoms with Crippen LogP contribution >= 0.6 is 0 Å². The summed E-state index contributed by atoms with van der Waals surface area (Å²) < 4.78 is 26.0. The Balaban J connectivity index is 2.96. The van der Waals surface area contributed by atoms with Crippen molar-refractivity contribution in [3.05, 3.63) is 33.9 Å². The smallest absolute Gasteiger partial charge is 0.327 e. The number of nitrogens with one attached hydrogen (secondary N) is 1. The Labute approximate surface area is 94.6 Å². The van der Waals surface area contributed by atoms with Crippen LogP contribution in [0.25, 0.3) is 0 Å². The quantitative estimate of drug-likeness (QED) is 0.600. The maximum atomic E-state index is 13.1. The van der Waals surface area contributed by atoms with Crippen LogP contribution in [0, 0.1) is 21.7 Å². The van der Waals surface area contributed by atoms with Gasteiger partial charge >= 0.3 is 5.69 Å². The highest BCUT2D eigenvalue weighted by Gasteiger charge is 2.21. The van der Waals surface area contributed by atoms with Crippen LogP contribution in [0.5, 0.6) is 0 Å². The molecular formula is C9H9F2N3O3. The summed E-state index contributed by atoms with van der Waals surface area (Å²) in [5, 5.41) is 12.9. The van der Waals surface area contributed by atoms with Crippen LogP contribution in [0.4, 0.5) is 20.2 Å². The van der Waals surface area contributed by atoms with Gasteiger partial charge in [0.15, 0.2) is 0 Å². The van der Waals surface area contributed by atoms with E-state index in [0.29, 0.717) is 6.07 Å². The van der Waals surface area contributed by atoms with Gasteiger partial charge in [0.05, 0.1) is 4.92 Å². The number of nitrogens with two attached hydrogens (primary N) is 1. The molecule has 17 heavy (non-hydrogen) atoms. The number of hydrogen-bond acceptors (Lipinski definition) is 4. The van der Waals surface area contributed by atoms with Crippen molar-refractivity contribution in [3.63, 3.8) is 0 Å². The van der Waals surface area contributed by atoms with E-state index < -0.39 is 28.2 Å². The number of amides is 1. The first-order valence-electron chi connectivity index (χ1n) is 4.57. The molecule has 0 atom stereocenters. The van der Waals surface area contributed by atoms with Crippen molar-refractivity contribution in [2.24, 2.45) is 5.73 Å². The summed E-state index contributed by atoms with van der Waals surface area (Å²) in [6.07, 6.45) is -0.102. The van der Waals surface area contributed by atoms with Crippen LogP contribution in [0.15, 0.2) is 12.1 Å². The van der Waals surface area contributed by atoms with Gasteiger partial charge in [-0.1, -0.05) is 0 Å². The van der Waals surface area contributed by atoms with Crippen LogP contribution in [0.1, 0.15) is 6.42 Å². The molecule has 0 heterocycles. The summed E-state index contributed by atoms with van der Waals surface area (Å²) in [6.45, 7) is -0.0426. The number of nitro benzene ring substituents is 1. The van der Waals surface area contributed by atoms with Gasteiger partial charge < -0.3 is 11.1 Å². The van der Waals surface area contributed by atoms with Gasteiger partial charge in [-0.2, -0.15) is 4.39 Å². The number of benzene rings is 1. The number of carbonyl (C=O) groups excluding carboxylic acids is 1. The van der Waals surface area contributed by atoms with Crippen molar-refractivity contribution < 1.29 is 18.5 Å². The molecule has 0 saturated carbocycles. The Bertz CT molecular complexity index is 465. The van der Waals surface area contributed by atoms with E-state index >= 15 is 0 Å². The lowest BCUT2D eigenvalue weighted by molar-refractivity contribution is -0.386. The molecule has 0 radical (unpaired) electrons. The first-order chi connectivity index (χ1) is 7.91. The first kappa shape index (κ1) is 12.8. The normalized spacial score (nSPS) is 10.0. The molecule has 3 N–H and O–H groups in total. The SMILES string of the molecule is NC(=O)CCNc1cc(F)cc(F)c1[N+](=O)[O-]. The standard InChI is InChI=1S/C9H9F2N3O3/c10-5-3-6(11)9(14(16)17)7(4-5)13-2-1-8(12)15/h3-4,13H,1-2H2,(H2,12,15). The second kappa shape index (κ2) is 5.19. The monoisotopic (exact) mass is 245 g/mol. The second-order valence-corrected chi connectivity index (χ2v) is 3.18. The molecule has 0 saturated heterocycles. The molecule has 8 heteroatoms. The third kappa shape index (κ3) is 3.37. The van der Waals surface area contributed by atoms with E-state index in [-0.39, 0.29) is 18.7 Å². The van der Waals surface area contributed by atoms with Crippen molar-refractivity contribution in [1.82, 2.24) is 0 Å². The number of nitrogens with zero attached hydrogens (tertiary/aromatic N) is 1. The number of hydrogen-bond donors (Lipinski definition) is 2. The predicted molar refractivity (Wildman–Crippen MR) is 55.3 cm³/mol. The molecule has 1 rings (SSSR count). The van der Waals surface area contributed by atoms with Gasteiger partial charge in [-0.25, -0.2) is 4.39 Å². The molecule has 0 spiro atoms. The Hall–Kier alpha value is -2.25. The molecule has 1 aromatic rings. The van der Waals surface area contributed by atoms with Gasteiger partial charge in [0.25, 0.3) is 0 Å². The van der Waals surface area contributed by atoms with Crippen molar-refractivity contribution in [2.75, 3.05) is 11.9 Å². The lowest BCUT2D eigenvalue weighted by Gasteiger charge is -2.06. The highest BCUT2D eigenvalue weighted by molar-refractivity contribution is 5.74. The topological polar surface area (TPSA) is 98.3 Å². The zero-order chi connectivity index (χ0) is 13.0. The highest BCUT2D eigenvalue weighted by atomic mass is 19.1. The Morgan fingerprint density at radius 2 is 2.12 bits per heavy atom. The summed E-state index contributed by atoms with van der Waals surface area (Å²) in [6, 6.07) is 1.19. The summed E-state index contributed by atoms with van der Waals surface area (Å²) in [5.41, 5.74) is 3.66. The third-order valence-electron chi connectivity index (χ3n) is 1.90. The number of nitro groups is 1. The molecule has 0 aromatic heterocycles. The molecule has 0 fully saturated rings. The minimum absolute atomic E-state index is 0.0426. The van der Waals surface area contributed by atoms with Crippen molar-refractivity contribution in [3.8, 4) is 0 Å². The largest absolute Gasteiger partial charge is 0.379 e.